The van der Waals surface area contributed by atoms with E-state index in [0.717, 1.165) is 36.4 Å². The van der Waals surface area contributed by atoms with E-state index in [0.29, 0.717) is 51.2 Å². The molecule has 3 heterocycles. The third-order valence-electron chi connectivity index (χ3n) is 7.17. The van der Waals surface area contributed by atoms with E-state index in [1.807, 2.05) is 37.3 Å². The Kier molecular flexibility index (Phi) is 8.96. The average Bonchev–Trinajstić information content (AvgIpc) is 3.55. The predicted molar refractivity (Wildman–Crippen MR) is 170 cm³/mol. The average molecular weight is 608 g/mol. The van der Waals surface area contributed by atoms with Crippen LogP contribution in [-0.2, 0) is 0 Å². The van der Waals surface area contributed by atoms with E-state index in [4.69, 9.17) is 38.8 Å². The Hall–Kier alpha value is -4.12. The number of nitrogen functional groups attached to an aromatic ring is 1. The lowest BCUT2D eigenvalue weighted by Crippen LogP contribution is -2.24. The summed E-state index contributed by atoms with van der Waals surface area (Å²) in [5.41, 5.74) is 8.27. The molecule has 0 spiro atoms. The first-order valence-electron chi connectivity index (χ1n) is 13.6. The molecule has 2 aromatic carbocycles. The zero-order chi connectivity index (χ0) is 29.8. The number of aromatic nitrogens is 2. The van der Waals surface area contributed by atoms with Crippen molar-refractivity contribution in [2.24, 2.45) is 17.6 Å². The number of furan rings is 1. The van der Waals surface area contributed by atoms with Gasteiger partial charge < -0.3 is 25.7 Å². The number of likely N-dealkylation sites (tertiary alicyclic amines) is 1. The fourth-order valence-electron chi connectivity index (χ4n) is 5.00. The van der Waals surface area contributed by atoms with Crippen LogP contribution < -0.4 is 21.7 Å². The van der Waals surface area contributed by atoms with Gasteiger partial charge in [-0.15, -0.1) is 0 Å². The number of fused-ring (bicyclic) bond motifs is 1. The van der Waals surface area contributed by atoms with Gasteiger partial charge in [0.2, 0.25) is 5.95 Å². The number of hydrogen-bond acceptors (Lipinski definition) is 7. The number of carbonyl (C=O) groups is 1. The van der Waals surface area contributed by atoms with Crippen LogP contribution in [0.2, 0.25) is 10.0 Å². The molecule has 1 saturated heterocycles. The second kappa shape index (κ2) is 12.8. The molecule has 1 fully saturated rings. The number of nitrogens with zero attached hydrogens (tertiary/aromatic N) is 3. The van der Waals surface area contributed by atoms with E-state index in [2.05, 4.69) is 43.8 Å². The predicted octanol–water partition coefficient (Wildman–Crippen LogP) is 6.46. The summed E-state index contributed by atoms with van der Waals surface area (Å²) in [6.45, 7) is 7.56. The van der Waals surface area contributed by atoms with Gasteiger partial charge in [0.05, 0.1) is 10.0 Å². The summed E-state index contributed by atoms with van der Waals surface area (Å²) < 4.78 is 5.99. The maximum absolute atomic E-state index is 12.5. The van der Waals surface area contributed by atoms with Crippen molar-refractivity contribution in [2.75, 3.05) is 42.1 Å². The highest BCUT2D eigenvalue weighted by atomic mass is 35.5. The van der Waals surface area contributed by atoms with Crippen molar-refractivity contribution in [1.82, 2.24) is 14.9 Å². The van der Waals surface area contributed by atoms with Crippen LogP contribution in [0.5, 0.6) is 0 Å². The summed E-state index contributed by atoms with van der Waals surface area (Å²) in [4.78, 5) is 23.8. The number of anilines is 3. The van der Waals surface area contributed by atoms with Crippen molar-refractivity contribution in [3.63, 3.8) is 0 Å². The van der Waals surface area contributed by atoms with E-state index in [-0.39, 0.29) is 11.8 Å². The number of aryl methyl sites for hydroxylation is 1. The highest BCUT2D eigenvalue weighted by Crippen LogP contribution is 2.28. The second-order valence-electron chi connectivity index (χ2n) is 10.3. The standard InChI is InChI=1S/C30H32Cl2N8O2/c1-3-40-15-19(4-7-23-12-20-11-18(28(33)34)5-9-26(20)42-23)21(16-40)14-35-27-10-17(2)36-29(38-27)39-30(41)37-22-6-8-24(31)25(32)13-22/h4-13,19,21H,3,14-16H2,1-2H3,(H3,33,34)(H3,35,36,37,38,39,41). The van der Waals surface area contributed by atoms with Crippen LogP contribution in [0.3, 0.4) is 0 Å². The molecule has 12 heteroatoms. The summed E-state index contributed by atoms with van der Waals surface area (Å²) in [5.74, 6) is 2.24. The summed E-state index contributed by atoms with van der Waals surface area (Å²) in [5, 5.41) is 18.2. The first-order chi connectivity index (χ1) is 20.2. The van der Waals surface area contributed by atoms with Crippen molar-refractivity contribution in [3.05, 3.63) is 81.7 Å². The van der Waals surface area contributed by atoms with Crippen LogP contribution in [0.4, 0.5) is 22.2 Å². The molecule has 1 aliphatic heterocycles. The number of carbonyl (C=O) groups excluding carboxylic acids is 1. The molecular weight excluding hydrogens is 575 g/mol. The van der Waals surface area contributed by atoms with Gasteiger partial charge in [-0.1, -0.05) is 36.2 Å². The number of nitrogens with two attached hydrogens (primary N) is 1. The zero-order valence-corrected chi connectivity index (χ0v) is 24.8. The molecule has 218 valence electrons. The molecule has 1 aliphatic rings. The number of benzene rings is 2. The van der Waals surface area contributed by atoms with Crippen LogP contribution >= 0.6 is 23.2 Å². The molecule has 6 N–H and O–H groups in total. The summed E-state index contributed by atoms with van der Waals surface area (Å²) in [7, 11) is 0. The molecule has 0 bridgehead atoms. The van der Waals surface area contributed by atoms with Crippen LogP contribution in [0.25, 0.3) is 17.0 Å². The van der Waals surface area contributed by atoms with Gasteiger partial charge >= 0.3 is 6.03 Å². The number of rotatable bonds is 9. The van der Waals surface area contributed by atoms with Gasteiger partial charge in [-0.05, 0) is 73.8 Å². The molecule has 2 amide bonds. The quantitative estimate of drug-likeness (QED) is 0.108. The summed E-state index contributed by atoms with van der Waals surface area (Å²) in [6, 6.07) is 13.7. The Morgan fingerprint density at radius 2 is 1.95 bits per heavy atom. The number of urea groups is 1. The molecule has 2 aromatic heterocycles. The number of nitrogens with one attached hydrogen (secondary N) is 4. The fraction of sp³-hybridized carbons (Fsp3) is 0.267. The van der Waals surface area contributed by atoms with Crippen LogP contribution in [0.1, 0.15) is 23.9 Å². The first kappa shape index (κ1) is 29.4. The number of hydrogen-bond donors (Lipinski definition) is 5. The summed E-state index contributed by atoms with van der Waals surface area (Å²) in [6.07, 6.45) is 4.23. The summed E-state index contributed by atoms with van der Waals surface area (Å²) >= 11 is 12.0. The minimum Gasteiger partial charge on any atom is -0.457 e. The van der Waals surface area contributed by atoms with E-state index in [1.54, 1.807) is 24.3 Å². The van der Waals surface area contributed by atoms with Crippen molar-refractivity contribution < 1.29 is 9.21 Å². The van der Waals surface area contributed by atoms with Crippen molar-refractivity contribution >= 4 is 69.6 Å². The lowest BCUT2D eigenvalue weighted by Gasteiger charge is -2.17. The highest BCUT2D eigenvalue weighted by molar-refractivity contribution is 6.42. The highest BCUT2D eigenvalue weighted by Gasteiger charge is 2.30. The van der Waals surface area contributed by atoms with Gasteiger partial charge in [0.1, 0.15) is 23.0 Å². The molecule has 2 unspecified atom stereocenters. The first-order valence-corrected chi connectivity index (χ1v) is 14.3. The Balaban J connectivity index is 1.23. The normalized spacial score (nSPS) is 17.1. The molecule has 0 radical (unpaired) electrons. The maximum Gasteiger partial charge on any atom is 0.326 e. The van der Waals surface area contributed by atoms with E-state index in [1.165, 1.54) is 0 Å². The van der Waals surface area contributed by atoms with Crippen LogP contribution in [0.15, 0.2) is 59.0 Å². The van der Waals surface area contributed by atoms with Crippen LogP contribution in [-0.4, -0.2) is 52.9 Å². The molecule has 0 saturated carbocycles. The lowest BCUT2D eigenvalue weighted by molar-refractivity contribution is 0.262. The van der Waals surface area contributed by atoms with Gasteiger partial charge in [-0.25, -0.2) is 9.78 Å². The lowest BCUT2D eigenvalue weighted by atomic mass is 9.95. The number of amidine groups is 1. The van der Waals surface area contributed by atoms with Crippen molar-refractivity contribution in [3.8, 4) is 0 Å². The molecule has 5 rings (SSSR count). The molecule has 0 aliphatic carbocycles. The molecule has 2 atom stereocenters. The van der Waals surface area contributed by atoms with Gasteiger partial charge in [-0.2, -0.15) is 4.98 Å². The number of halogens is 2. The van der Waals surface area contributed by atoms with Gasteiger partial charge in [-0.3, -0.25) is 10.7 Å². The van der Waals surface area contributed by atoms with Crippen molar-refractivity contribution in [2.45, 2.75) is 13.8 Å². The second-order valence-corrected chi connectivity index (χ2v) is 11.1. The molecule has 4 aromatic rings. The molecule has 42 heavy (non-hydrogen) atoms. The largest absolute Gasteiger partial charge is 0.457 e. The van der Waals surface area contributed by atoms with Gasteiger partial charge in [0.15, 0.2) is 0 Å². The van der Waals surface area contributed by atoms with Crippen LogP contribution in [0, 0.1) is 24.2 Å². The van der Waals surface area contributed by atoms with E-state index < -0.39 is 6.03 Å². The van der Waals surface area contributed by atoms with E-state index >= 15 is 0 Å². The van der Waals surface area contributed by atoms with Gasteiger partial charge in [0.25, 0.3) is 0 Å². The van der Waals surface area contributed by atoms with Crippen molar-refractivity contribution in [1.29, 1.82) is 5.41 Å². The topological polar surface area (TPSA) is 145 Å². The Bertz CT molecular complexity index is 1650. The monoisotopic (exact) mass is 606 g/mol. The molecule has 10 nitrogen and oxygen atoms in total. The zero-order valence-electron chi connectivity index (χ0n) is 23.2. The van der Waals surface area contributed by atoms with E-state index in [9.17, 15) is 4.79 Å². The minimum absolute atomic E-state index is 0.0319. The third-order valence-corrected chi connectivity index (χ3v) is 7.91. The smallest absolute Gasteiger partial charge is 0.326 e. The van der Waals surface area contributed by atoms with Gasteiger partial charge in [0, 0.05) is 48.0 Å². The minimum atomic E-state index is -0.493. The Labute approximate surface area is 253 Å². The fourth-order valence-corrected chi connectivity index (χ4v) is 5.30. The Morgan fingerprint density at radius 1 is 1.12 bits per heavy atom. The maximum atomic E-state index is 12.5. The molecular formula is C30H32Cl2N8O2. The Morgan fingerprint density at radius 3 is 2.71 bits per heavy atom. The number of amides is 2. The SMILES string of the molecule is CCN1CC(C=Cc2cc3cc(C(=N)N)ccc3o2)C(CNc2cc(C)nc(NC(=O)Nc3ccc(Cl)c(Cl)c3)n2)C1. The third kappa shape index (κ3) is 7.20.